The summed E-state index contributed by atoms with van der Waals surface area (Å²) >= 11 is 0. The Morgan fingerprint density at radius 3 is 2.57 bits per heavy atom. The van der Waals surface area contributed by atoms with E-state index in [1.54, 1.807) is 20.9 Å². The topological polar surface area (TPSA) is 80.6 Å². The predicted octanol–water partition coefficient (Wildman–Crippen LogP) is 1.32. The Balaban J connectivity index is 2.19. The van der Waals surface area contributed by atoms with Crippen molar-refractivity contribution in [1.29, 1.82) is 0 Å². The van der Waals surface area contributed by atoms with Crippen molar-refractivity contribution < 1.29 is 17.6 Å². The molecule has 1 aromatic rings. The smallest absolute Gasteiger partial charge is 0.244 e. The van der Waals surface area contributed by atoms with Crippen LogP contribution in [0.25, 0.3) is 0 Å². The first-order chi connectivity index (χ1) is 9.86. The van der Waals surface area contributed by atoms with E-state index < -0.39 is 10.0 Å². The van der Waals surface area contributed by atoms with Gasteiger partial charge in [-0.05, 0) is 34.2 Å². The number of furan rings is 1. The lowest BCUT2D eigenvalue weighted by atomic mass is 10.0. The summed E-state index contributed by atoms with van der Waals surface area (Å²) in [6.45, 7) is 7.00. The summed E-state index contributed by atoms with van der Waals surface area (Å²) in [6, 6.07) is 0. The molecule has 0 aromatic carbocycles. The van der Waals surface area contributed by atoms with Crippen molar-refractivity contribution >= 4 is 10.0 Å². The van der Waals surface area contributed by atoms with Gasteiger partial charge in [0, 0.05) is 31.2 Å². The molecule has 0 bridgehead atoms. The van der Waals surface area contributed by atoms with Gasteiger partial charge in [-0.2, -0.15) is 0 Å². The molecule has 7 heteroatoms. The zero-order valence-corrected chi connectivity index (χ0v) is 13.8. The molecule has 21 heavy (non-hydrogen) atoms. The molecule has 0 amide bonds. The Labute approximate surface area is 126 Å². The van der Waals surface area contributed by atoms with Crippen molar-refractivity contribution in [3.8, 4) is 0 Å². The number of aryl methyl sites for hydroxylation is 2. The van der Waals surface area contributed by atoms with E-state index in [0.717, 1.165) is 6.42 Å². The van der Waals surface area contributed by atoms with Crippen LogP contribution in [0.5, 0.6) is 0 Å². The number of nitrogens with one attached hydrogen (secondary N) is 2. The summed E-state index contributed by atoms with van der Waals surface area (Å²) in [4.78, 5) is 0.265. The third kappa shape index (κ3) is 3.48. The lowest BCUT2D eigenvalue weighted by Gasteiger charge is -2.15. The fourth-order valence-electron chi connectivity index (χ4n) is 2.78. The van der Waals surface area contributed by atoms with Gasteiger partial charge in [0.05, 0.1) is 6.10 Å². The van der Waals surface area contributed by atoms with Crippen LogP contribution >= 0.6 is 0 Å². The monoisotopic (exact) mass is 316 g/mol. The van der Waals surface area contributed by atoms with Gasteiger partial charge in [0.25, 0.3) is 0 Å². The highest BCUT2D eigenvalue weighted by Crippen LogP contribution is 2.27. The van der Waals surface area contributed by atoms with Crippen LogP contribution in [-0.4, -0.2) is 34.7 Å². The molecule has 1 aliphatic heterocycles. The van der Waals surface area contributed by atoms with Gasteiger partial charge in [-0.25, -0.2) is 13.1 Å². The Kier molecular flexibility index (Phi) is 5.08. The summed E-state index contributed by atoms with van der Waals surface area (Å²) in [5.74, 6) is 1.29. The molecule has 0 aliphatic carbocycles. The fourth-order valence-corrected chi connectivity index (χ4v) is 4.31. The molecular formula is C14H24N2O4S. The second kappa shape index (κ2) is 6.48. The van der Waals surface area contributed by atoms with Crippen LogP contribution in [0, 0.1) is 19.8 Å². The molecule has 2 N–H and O–H groups in total. The maximum absolute atomic E-state index is 12.6. The third-order valence-electron chi connectivity index (χ3n) is 4.02. The average molecular weight is 316 g/mol. The van der Waals surface area contributed by atoms with Crippen molar-refractivity contribution in [1.82, 2.24) is 10.0 Å². The summed E-state index contributed by atoms with van der Waals surface area (Å²) < 4.78 is 38.8. The van der Waals surface area contributed by atoms with Gasteiger partial charge in [-0.3, -0.25) is 0 Å². The molecule has 0 radical (unpaired) electrons. The first-order valence-electron chi connectivity index (χ1n) is 7.21. The van der Waals surface area contributed by atoms with Gasteiger partial charge in [0.15, 0.2) is 0 Å². The van der Waals surface area contributed by atoms with Crippen molar-refractivity contribution in [2.45, 2.75) is 44.7 Å². The minimum atomic E-state index is -3.57. The van der Waals surface area contributed by atoms with Crippen molar-refractivity contribution in [3.63, 3.8) is 0 Å². The van der Waals surface area contributed by atoms with Crippen molar-refractivity contribution in [2.75, 3.05) is 20.2 Å². The summed E-state index contributed by atoms with van der Waals surface area (Å²) in [5.41, 5.74) is 0.693. The van der Waals surface area contributed by atoms with Gasteiger partial charge >= 0.3 is 0 Å². The average Bonchev–Trinajstić information content (AvgIpc) is 2.92. The molecule has 6 nitrogen and oxygen atoms in total. The van der Waals surface area contributed by atoms with Gasteiger partial charge < -0.3 is 14.5 Å². The highest BCUT2D eigenvalue weighted by molar-refractivity contribution is 7.89. The van der Waals surface area contributed by atoms with Gasteiger partial charge in [-0.1, -0.05) is 0 Å². The van der Waals surface area contributed by atoms with E-state index in [0.29, 0.717) is 36.8 Å². The number of hydrogen-bond donors (Lipinski definition) is 2. The summed E-state index contributed by atoms with van der Waals surface area (Å²) in [7, 11) is -1.79. The van der Waals surface area contributed by atoms with Gasteiger partial charge in [-0.15, -0.1) is 0 Å². The molecule has 2 unspecified atom stereocenters. The Bertz CT molecular complexity index is 594. The van der Waals surface area contributed by atoms with Crippen LogP contribution in [0.4, 0.5) is 0 Å². The van der Waals surface area contributed by atoms with Gasteiger partial charge in [0.1, 0.15) is 16.4 Å². The second-order valence-corrected chi connectivity index (χ2v) is 7.23. The van der Waals surface area contributed by atoms with E-state index in [1.165, 1.54) is 0 Å². The Morgan fingerprint density at radius 2 is 2.00 bits per heavy atom. The van der Waals surface area contributed by atoms with E-state index in [1.807, 2.05) is 6.92 Å². The Morgan fingerprint density at radius 1 is 1.29 bits per heavy atom. The van der Waals surface area contributed by atoms with Crippen LogP contribution in [0.3, 0.4) is 0 Å². The largest absolute Gasteiger partial charge is 0.465 e. The Hall–Kier alpha value is -0.890. The number of sulfonamides is 1. The quantitative estimate of drug-likeness (QED) is 0.827. The lowest BCUT2D eigenvalue weighted by Crippen LogP contribution is -2.32. The van der Waals surface area contributed by atoms with E-state index in [-0.39, 0.29) is 16.9 Å². The minimum Gasteiger partial charge on any atom is -0.465 e. The molecule has 120 valence electrons. The van der Waals surface area contributed by atoms with E-state index in [9.17, 15) is 8.42 Å². The molecule has 1 aliphatic rings. The predicted molar refractivity (Wildman–Crippen MR) is 79.7 cm³/mol. The minimum absolute atomic E-state index is 0.0941. The lowest BCUT2D eigenvalue weighted by molar-refractivity contribution is 0.107. The maximum atomic E-state index is 12.6. The highest BCUT2D eigenvalue weighted by Gasteiger charge is 2.30. The van der Waals surface area contributed by atoms with Crippen LogP contribution in [0.15, 0.2) is 9.31 Å². The molecule has 2 heterocycles. The van der Waals surface area contributed by atoms with Crippen LogP contribution in [0.1, 0.15) is 30.4 Å². The van der Waals surface area contributed by atoms with Crippen molar-refractivity contribution in [2.24, 2.45) is 5.92 Å². The third-order valence-corrected chi connectivity index (χ3v) is 5.63. The molecule has 0 spiro atoms. The molecular weight excluding hydrogens is 292 g/mol. The number of hydrogen-bond acceptors (Lipinski definition) is 5. The first-order valence-corrected chi connectivity index (χ1v) is 8.70. The van der Waals surface area contributed by atoms with E-state index in [2.05, 4.69) is 10.0 Å². The SMILES string of the molecule is CNCc1c(C)oc(C)c1S(=O)(=O)NCC1CCOC1C. The van der Waals surface area contributed by atoms with Crippen LogP contribution < -0.4 is 10.0 Å². The normalized spacial score (nSPS) is 22.9. The molecule has 1 aromatic heterocycles. The fraction of sp³-hybridized carbons (Fsp3) is 0.714. The van der Waals surface area contributed by atoms with Crippen LogP contribution in [-0.2, 0) is 21.3 Å². The second-order valence-electron chi connectivity index (χ2n) is 5.53. The van der Waals surface area contributed by atoms with E-state index in [4.69, 9.17) is 9.15 Å². The number of ether oxygens (including phenoxy) is 1. The van der Waals surface area contributed by atoms with Gasteiger partial charge in [0.2, 0.25) is 10.0 Å². The molecule has 2 atom stereocenters. The summed E-state index contributed by atoms with van der Waals surface area (Å²) in [5, 5.41) is 2.98. The van der Waals surface area contributed by atoms with Crippen molar-refractivity contribution in [3.05, 3.63) is 17.1 Å². The standard InChI is InChI=1S/C14H24N2O4S/c1-9-12(5-6-19-9)7-16-21(17,18)14-11(3)20-10(2)13(14)8-15-4/h9,12,15-16H,5-8H2,1-4H3. The molecule has 2 rings (SSSR count). The molecule has 0 saturated carbocycles. The number of rotatable bonds is 6. The molecule has 1 saturated heterocycles. The summed E-state index contributed by atoms with van der Waals surface area (Å²) in [6.07, 6.45) is 0.980. The maximum Gasteiger partial charge on any atom is 0.244 e. The zero-order valence-electron chi connectivity index (χ0n) is 13.0. The highest BCUT2D eigenvalue weighted by atomic mass is 32.2. The van der Waals surface area contributed by atoms with E-state index >= 15 is 0 Å². The molecule has 1 fully saturated rings. The van der Waals surface area contributed by atoms with Crippen LogP contribution in [0.2, 0.25) is 0 Å². The first kappa shape index (κ1) is 16.5. The zero-order chi connectivity index (χ0) is 15.6.